The van der Waals surface area contributed by atoms with Gasteiger partial charge in [-0.3, -0.25) is 4.79 Å². The van der Waals surface area contributed by atoms with E-state index in [2.05, 4.69) is 15.9 Å². The van der Waals surface area contributed by atoms with Crippen LogP contribution < -0.4 is 4.90 Å². The standard InChI is InChI=1S/C12H11BrF3NO/c13-11-5-10(2-1-8(11)6-18)17(9-3-4-9)7-12(14,15)16/h1-2,5-6,9H,3-4,7H2. The van der Waals surface area contributed by atoms with Crippen LogP contribution in [0.2, 0.25) is 0 Å². The van der Waals surface area contributed by atoms with E-state index in [1.165, 1.54) is 11.0 Å². The summed E-state index contributed by atoms with van der Waals surface area (Å²) in [6.45, 7) is -0.954. The molecule has 98 valence electrons. The number of carbonyl (C=O) groups excluding carboxylic acids is 1. The molecule has 1 aromatic carbocycles. The number of hydrogen-bond acceptors (Lipinski definition) is 2. The van der Waals surface area contributed by atoms with E-state index in [0.717, 1.165) is 12.8 Å². The molecule has 1 saturated carbocycles. The molecule has 1 aliphatic rings. The molecular formula is C12H11BrF3NO. The first kappa shape index (κ1) is 13.4. The molecule has 6 heteroatoms. The fourth-order valence-electron chi connectivity index (χ4n) is 1.80. The third-order valence-corrected chi connectivity index (χ3v) is 3.47. The van der Waals surface area contributed by atoms with Crippen molar-refractivity contribution in [1.29, 1.82) is 0 Å². The molecule has 2 rings (SSSR count). The molecule has 0 N–H and O–H groups in total. The number of nitrogens with zero attached hydrogens (tertiary/aromatic N) is 1. The average molecular weight is 322 g/mol. The molecule has 0 heterocycles. The number of alkyl halides is 3. The Labute approximate surface area is 111 Å². The first-order chi connectivity index (χ1) is 8.40. The Hall–Kier alpha value is -1.04. The highest BCUT2D eigenvalue weighted by molar-refractivity contribution is 9.10. The molecule has 1 aromatic rings. The Morgan fingerprint density at radius 3 is 2.50 bits per heavy atom. The summed E-state index contributed by atoms with van der Waals surface area (Å²) in [7, 11) is 0. The molecule has 0 atom stereocenters. The number of carbonyl (C=O) groups is 1. The van der Waals surface area contributed by atoms with Crippen LogP contribution in [0.5, 0.6) is 0 Å². The fraction of sp³-hybridized carbons (Fsp3) is 0.417. The number of anilines is 1. The van der Waals surface area contributed by atoms with Crippen LogP contribution in [-0.4, -0.2) is 25.0 Å². The zero-order valence-electron chi connectivity index (χ0n) is 9.38. The summed E-state index contributed by atoms with van der Waals surface area (Å²) >= 11 is 3.19. The van der Waals surface area contributed by atoms with Crippen LogP contribution in [0.15, 0.2) is 22.7 Å². The van der Waals surface area contributed by atoms with E-state index in [1.54, 1.807) is 12.1 Å². The van der Waals surface area contributed by atoms with Crippen LogP contribution >= 0.6 is 15.9 Å². The van der Waals surface area contributed by atoms with Gasteiger partial charge < -0.3 is 4.90 Å². The quantitative estimate of drug-likeness (QED) is 0.786. The van der Waals surface area contributed by atoms with E-state index in [9.17, 15) is 18.0 Å². The predicted molar refractivity (Wildman–Crippen MR) is 66.0 cm³/mol. The lowest BCUT2D eigenvalue weighted by molar-refractivity contribution is -0.120. The van der Waals surface area contributed by atoms with Crippen molar-refractivity contribution in [3.63, 3.8) is 0 Å². The van der Waals surface area contributed by atoms with Gasteiger partial charge in [-0.25, -0.2) is 0 Å². The Balaban J connectivity index is 2.25. The molecule has 0 spiro atoms. The Kier molecular flexibility index (Phi) is 3.66. The average Bonchev–Trinajstić information content (AvgIpc) is 3.08. The summed E-state index contributed by atoms with van der Waals surface area (Å²) in [5, 5.41) is 0. The summed E-state index contributed by atoms with van der Waals surface area (Å²) in [5.41, 5.74) is 0.925. The van der Waals surface area contributed by atoms with Crippen molar-refractivity contribution in [3.05, 3.63) is 28.2 Å². The van der Waals surface area contributed by atoms with Gasteiger partial charge >= 0.3 is 6.18 Å². The molecular weight excluding hydrogens is 311 g/mol. The number of benzene rings is 1. The third-order valence-electron chi connectivity index (χ3n) is 2.78. The van der Waals surface area contributed by atoms with E-state index in [1.807, 2.05) is 0 Å². The summed E-state index contributed by atoms with van der Waals surface area (Å²) in [6.07, 6.45) is -2.00. The maximum absolute atomic E-state index is 12.5. The van der Waals surface area contributed by atoms with Gasteiger partial charge in [0, 0.05) is 21.8 Å². The highest BCUT2D eigenvalue weighted by Gasteiger charge is 2.38. The van der Waals surface area contributed by atoms with E-state index in [4.69, 9.17) is 0 Å². The topological polar surface area (TPSA) is 20.3 Å². The van der Waals surface area contributed by atoms with Gasteiger partial charge in [0.2, 0.25) is 0 Å². The van der Waals surface area contributed by atoms with Crippen molar-refractivity contribution in [3.8, 4) is 0 Å². The predicted octanol–water partition coefficient (Wildman–Crippen LogP) is 3.79. The zero-order valence-corrected chi connectivity index (χ0v) is 11.0. The maximum atomic E-state index is 12.5. The van der Waals surface area contributed by atoms with Crippen LogP contribution in [0.25, 0.3) is 0 Å². The molecule has 0 bridgehead atoms. The second-order valence-corrected chi connectivity index (χ2v) is 5.15. The monoisotopic (exact) mass is 321 g/mol. The van der Waals surface area contributed by atoms with Crippen LogP contribution in [-0.2, 0) is 0 Å². The van der Waals surface area contributed by atoms with Gasteiger partial charge in [-0.05, 0) is 47.0 Å². The van der Waals surface area contributed by atoms with Crippen molar-refractivity contribution < 1.29 is 18.0 Å². The summed E-state index contributed by atoms with van der Waals surface area (Å²) < 4.78 is 38.1. The molecule has 1 fully saturated rings. The molecule has 0 radical (unpaired) electrons. The molecule has 0 amide bonds. The Bertz CT molecular complexity index is 457. The van der Waals surface area contributed by atoms with Crippen molar-refractivity contribution in [2.24, 2.45) is 0 Å². The van der Waals surface area contributed by atoms with E-state index >= 15 is 0 Å². The van der Waals surface area contributed by atoms with Gasteiger partial charge in [0.25, 0.3) is 0 Å². The minimum atomic E-state index is -4.22. The zero-order chi connectivity index (χ0) is 13.3. The molecule has 18 heavy (non-hydrogen) atoms. The first-order valence-electron chi connectivity index (χ1n) is 5.49. The minimum Gasteiger partial charge on any atom is -0.359 e. The largest absolute Gasteiger partial charge is 0.405 e. The SMILES string of the molecule is O=Cc1ccc(N(CC(F)(F)F)C2CC2)cc1Br. The molecule has 0 unspecified atom stereocenters. The summed E-state index contributed by atoms with van der Waals surface area (Å²) in [4.78, 5) is 12.0. The summed E-state index contributed by atoms with van der Waals surface area (Å²) in [6, 6.07) is 4.60. The number of aldehydes is 1. The Morgan fingerprint density at radius 1 is 1.39 bits per heavy atom. The number of rotatable bonds is 4. The van der Waals surface area contributed by atoms with Gasteiger partial charge in [-0.15, -0.1) is 0 Å². The van der Waals surface area contributed by atoms with Crippen molar-refractivity contribution >= 4 is 27.9 Å². The van der Waals surface area contributed by atoms with Crippen LogP contribution in [0.4, 0.5) is 18.9 Å². The third kappa shape index (κ3) is 3.25. The maximum Gasteiger partial charge on any atom is 0.405 e. The van der Waals surface area contributed by atoms with Crippen molar-refractivity contribution in [2.75, 3.05) is 11.4 Å². The van der Waals surface area contributed by atoms with E-state index < -0.39 is 12.7 Å². The highest BCUT2D eigenvalue weighted by Crippen LogP contribution is 2.35. The molecule has 1 aliphatic carbocycles. The van der Waals surface area contributed by atoms with Gasteiger partial charge in [-0.2, -0.15) is 13.2 Å². The lowest BCUT2D eigenvalue weighted by Crippen LogP contribution is -2.35. The van der Waals surface area contributed by atoms with E-state index in [-0.39, 0.29) is 6.04 Å². The fourth-order valence-corrected chi connectivity index (χ4v) is 2.26. The van der Waals surface area contributed by atoms with Gasteiger partial charge in [-0.1, -0.05) is 0 Å². The lowest BCUT2D eigenvalue weighted by atomic mass is 10.2. The molecule has 0 saturated heterocycles. The second kappa shape index (κ2) is 4.91. The molecule has 0 aliphatic heterocycles. The van der Waals surface area contributed by atoms with Crippen LogP contribution in [0.3, 0.4) is 0 Å². The normalized spacial score (nSPS) is 15.6. The van der Waals surface area contributed by atoms with Crippen molar-refractivity contribution in [1.82, 2.24) is 0 Å². The van der Waals surface area contributed by atoms with Gasteiger partial charge in [0.05, 0.1) is 0 Å². The lowest BCUT2D eigenvalue weighted by Gasteiger charge is -2.26. The minimum absolute atomic E-state index is 0.0411. The number of hydrogen-bond donors (Lipinski definition) is 0. The second-order valence-electron chi connectivity index (χ2n) is 4.30. The van der Waals surface area contributed by atoms with Gasteiger partial charge in [0.1, 0.15) is 6.54 Å². The molecule has 2 nitrogen and oxygen atoms in total. The highest BCUT2D eigenvalue weighted by atomic mass is 79.9. The molecule has 0 aromatic heterocycles. The van der Waals surface area contributed by atoms with Crippen LogP contribution in [0, 0.1) is 0 Å². The summed E-state index contributed by atoms with van der Waals surface area (Å²) in [5.74, 6) is 0. The number of halogens is 4. The smallest absolute Gasteiger partial charge is 0.359 e. The Morgan fingerprint density at radius 2 is 2.06 bits per heavy atom. The van der Waals surface area contributed by atoms with Gasteiger partial charge in [0.15, 0.2) is 6.29 Å². The van der Waals surface area contributed by atoms with E-state index in [0.29, 0.717) is 22.0 Å². The van der Waals surface area contributed by atoms with Crippen molar-refractivity contribution in [2.45, 2.75) is 25.1 Å². The van der Waals surface area contributed by atoms with Crippen LogP contribution in [0.1, 0.15) is 23.2 Å². The first-order valence-corrected chi connectivity index (χ1v) is 6.28.